The molecule has 0 spiro atoms. The van der Waals surface area contributed by atoms with Crippen molar-refractivity contribution in [2.45, 2.75) is 13.0 Å². The number of rotatable bonds is 5. The molecule has 6 heteroatoms. The summed E-state index contributed by atoms with van der Waals surface area (Å²) in [5.74, 6) is 0.0489. The van der Waals surface area contributed by atoms with Gasteiger partial charge >= 0.3 is 0 Å². The smallest absolute Gasteiger partial charge is 0.265 e. The van der Waals surface area contributed by atoms with E-state index in [1.54, 1.807) is 49.4 Å². The van der Waals surface area contributed by atoms with Gasteiger partial charge in [0.1, 0.15) is 11.8 Å². The Morgan fingerprint density at radius 3 is 2.65 bits per heavy atom. The molecule has 0 aliphatic heterocycles. The highest BCUT2D eigenvalue weighted by molar-refractivity contribution is 6.31. The highest BCUT2D eigenvalue weighted by Crippen LogP contribution is 2.25. The minimum Gasteiger partial charge on any atom is -0.480 e. The second-order valence-corrected chi connectivity index (χ2v) is 6.05. The van der Waals surface area contributed by atoms with Crippen molar-refractivity contribution < 1.29 is 9.53 Å². The summed E-state index contributed by atoms with van der Waals surface area (Å²) in [7, 11) is 0. The topological polar surface area (TPSA) is 67.0 Å². The van der Waals surface area contributed by atoms with Gasteiger partial charge in [0.2, 0.25) is 0 Å². The van der Waals surface area contributed by atoms with Crippen molar-refractivity contribution in [2.24, 2.45) is 0 Å². The van der Waals surface area contributed by atoms with Gasteiger partial charge in [-0.15, -0.1) is 0 Å². The fourth-order valence-electron chi connectivity index (χ4n) is 2.46. The monoisotopic (exact) mass is 365 g/mol. The number of hydrogen-bond acceptors (Lipinski definition) is 3. The van der Waals surface area contributed by atoms with Crippen LogP contribution in [0.4, 0.5) is 5.69 Å². The highest BCUT2D eigenvalue weighted by atomic mass is 35.5. The average molecular weight is 366 g/mol. The second kappa shape index (κ2) is 7.77. The van der Waals surface area contributed by atoms with E-state index >= 15 is 0 Å². The number of aromatic nitrogens is 1. The molecule has 2 aromatic carbocycles. The molecule has 5 nitrogen and oxygen atoms in total. The van der Waals surface area contributed by atoms with E-state index in [9.17, 15) is 4.79 Å². The molecule has 0 radical (unpaired) electrons. The van der Waals surface area contributed by atoms with Crippen LogP contribution in [0.1, 0.15) is 12.5 Å². The zero-order valence-electron chi connectivity index (χ0n) is 14.0. The van der Waals surface area contributed by atoms with E-state index in [4.69, 9.17) is 21.6 Å². The molecule has 0 saturated heterocycles. The normalized spacial score (nSPS) is 11.4. The van der Waals surface area contributed by atoms with Gasteiger partial charge in [0.05, 0.1) is 16.9 Å². The van der Waals surface area contributed by atoms with Crippen LogP contribution in [-0.4, -0.2) is 16.6 Å². The maximum absolute atomic E-state index is 12.6. The first kappa shape index (κ1) is 17.6. The summed E-state index contributed by atoms with van der Waals surface area (Å²) >= 11 is 6.09. The summed E-state index contributed by atoms with van der Waals surface area (Å²) in [6, 6.07) is 17.8. The van der Waals surface area contributed by atoms with Gasteiger partial charge in [-0.25, -0.2) is 0 Å². The molecule has 0 aliphatic rings. The predicted octanol–water partition coefficient (Wildman–Crippen LogP) is 4.41. The zero-order valence-corrected chi connectivity index (χ0v) is 14.8. The number of nitriles is 1. The summed E-state index contributed by atoms with van der Waals surface area (Å²) in [6.45, 7) is 1.63. The van der Waals surface area contributed by atoms with E-state index in [-0.39, 0.29) is 5.91 Å². The summed E-state index contributed by atoms with van der Waals surface area (Å²) in [4.78, 5) is 12.6. The van der Waals surface area contributed by atoms with Crippen LogP contribution in [-0.2, 0) is 4.79 Å². The molecule has 0 saturated carbocycles. The van der Waals surface area contributed by atoms with Crippen LogP contribution in [0.2, 0.25) is 5.02 Å². The van der Waals surface area contributed by atoms with Gasteiger partial charge in [0, 0.05) is 17.4 Å². The third kappa shape index (κ3) is 3.88. The van der Waals surface area contributed by atoms with E-state index in [0.717, 1.165) is 5.69 Å². The van der Waals surface area contributed by atoms with Crippen LogP contribution in [0.25, 0.3) is 5.69 Å². The van der Waals surface area contributed by atoms with Gasteiger partial charge in [-0.2, -0.15) is 5.26 Å². The van der Waals surface area contributed by atoms with Crippen molar-refractivity contribution in [3.05, 3.63) is 77.6 Å². The number of anilines is 1. The van der Waals surface area contributed by atoms with Gasteiger partial charge in [-0.1, -0.05) is 23.7 Å². The Kier molecular flexibility index (Phi) is 5.26. The molecule has 1 unspecified atom stereocenters. The number of nitrogens with one attached hydrogen (secondary N) is 1. The van der Waals surface area contributed by atoms with Crippen LogP contribution in [0.15, 0.2) is 67.0 Å². The van der Waals surface area contributed by atoms with E-state index in [0.29, 0.717) is 22.0 Å². The van der Waals surface area contributed by atoms with Crippen LogP contribution >= 0.6 is 11.6 Å². The van der Waals surface area contributed by atoms with Crippen LogP contribution in [0.3, 0.4) is 0 Å². The Labute approximate surface area is 156 Å². The molecular weight excluding hydrogens is 350 g/mol. The number of carbonyl (C=O) groups excluding carboxylic acids is 1. The summed E-state index contributed by atoms with van der Waals surface area (Å²) in [6.07, 6.45) is 2.95. The minimum absolute atomic E-state index is 0.325. The molecule has 0 bridgehead atoms. The predicted molar refractivity (Wildman–Crippen MR) is 101 cm³/mol. The van der Waals surface area contributed by atoms with Crippen molar-refractivity contribution in [3.8, 4) is 17.5 Å². The maximum Gasteiger partial charge on any atom is 0.265 e. The third-order valence-corrected chi connectivity index (χ3v) is 4.02. The molecule has 1 amide bonds. The van der Waals surface area contributed by atoms with Crippen LogP contribution < -0.4 is 10.1 Å². The molecule has 1 aromatic heterocycles. The Morgan fingerprint density at radius 2 is 1.92 bits per heavy atom. The number of carbonyl (C=O) groups is 1. The highest BCUT2D eigenvalue weighted by Gasteiger charge is 2.18. The van der Waals surface area contributed by atoms with Gasteiger partial charge in [0.15, 0.2) is 6.10 Å². The van der Waals surface area contributed by atoms with Crippen LogP contribution in [0.5, 0.6) is 5.75 Å². The van der Waals surface area contributed by atoms with Gasteiger partial charge < -0.3 is 14.6 Å². The molecular formula is C20H16ClN3O2. The Balaban J connectivity index is 1.79. The lowest BCUT2D eigenvalue weighted by Crippen LogP contribution is -2.30. The number of amides is 1. The number of benzene rings is 2. The van der Waals surface area contributed by atoms with Gasteiger partial charge in [0.25, 0.3) is 5.91 Å². The molecule has 130 valence electrons. The average Bonchev–Trinajstić information content (AvgIpc) is 3.18. The number of hydrogen-bond donors (Lipinski definition) is 1. The number of para-hydroxylation sites is 1. The first-order chi connectivity index (χ1) is 12.6. The SMILES string of the molecule is CC(Oc1ccccc1C#N)C(=O)Nc1ccc(Cl)cc1-n1cccc1. The van der Waals surface area contributed by atoms with Crippen molar-refractivity contribution in [1.29, 1.82) is 5.26 Å². The lowest BCUT2D eigenvalue weighted by molar-refractivity contribution is -0.122. The van der Waals surface area contributed by atoms with Gasteiger partial charge in [-0.05, 0) is 49.4 Å². The Hall–Kier alpha value is -3.23. The zero-order chi connectivity index (χ0) is 18.5. The molecule has 0 fully saturated rings. The molecule has 1 N–H and O–H groups in total. The Bertz CT molecular complexity index is 961. The third-order valence-electron chi connectivity index (χ3n) is 3.78. The van der Waals surface area contributed by atoms with Crippen molar-refractivity contribution in [1.82, 2.24) is 4.57 Å². The maximum atomic E-state index is 12.6. The molecule has 1 atom stereocenters. The largest absolute Gasteiger partial charge is 0.480 e. The summed E-state index contributed by atoms with van der Waals surface area (Å²) in [5.41, 5.74) is 1.74. The van der Waals surface area contributed by atoms with Crippen molar-refractivity contribution in [2.75, 3.05) is 5.32 Å². The first-order valence-corrected chi connectivity index (χ1v) is 8.36. The molecule has 1 heterocycles. The molecule has 0 aliphatic carbocycles. The van der Waals surface area contributed by atoms with E-state index in [2.05, 4.69) is 5.32 Å². The van der Waals surface area contributed by atoms with Gasteiger partial charge in [-0.3, -0.25) is 4.79 Å². The standard InChI is InChI=1S/C20H16ClN3O2/c1-14(26-19-7-3-2-6-15(19)13-22)20(25)23-17-9-8-16(21)12-18(17)24-10-4-5-11-24/h2-12,14H,1H3,(H,23,25). The number of halogens is 1. The van der Waals surface area contributed by atoms with E-state index < -0.39 is 6.10 Å². The lowest BCUT2D eigenvalue weighted by atomic mass is 10.2. The second-order valence-electron chi connectivity index (χ2n) is 5.61. The quantitative estimate of drug-likeness (QED) is 0.728. The number of ether oxygens (including phenoxy) is 1. The van der Waals surface area contributed by atoms with E-state index in [1.165, 1.54) is 0 Å². The molecule has 3 aromatic rings. The van der Waals surface area contributed by atoms with Crippen LogP contribution in [0, 0.1) is 11.3 Å². The van der Waals surface area contributed by atoms with E-state index in [1.807, 2.05) is 35.2 Å². The summed E-state index contributed by atoms with van der Waals surface area (Å²) in [5, 5.41) is 12.6. The molecule has 3 rings (SSSR count). The van der Waals surface area contributed by atoms with Crippen molar-refractivity contribution >= 4 is 23.2 Å². The Morgan fingerprint density at radius 1 is 1.19 bits per heavy atom. The summed E-state index contributed by atoms with van der Waals surface area (Å²) < 4.78 is 7.52. The lowest BCUT2D eigenvalue weighted by Gasteiger charge is -2.17. The molecule has 26 heavy (non-hydrogen) atoms. The fourth-order valence-corrected chi connectivity index (χ4v) is 2.63. The fraction of sp³-hybridized carbons (Fsp3) is 0.100. The first-order valence-electron chi connectivity index (χ1n) is 7.98. The number of nitrogens with zero attached hydrogens (tertiary/aromatic N) is 2. The van der Waals surface area contributed by atoms with Crippen molar-refractivity contribution in [3.63, 3.8) is 0 Å². The minimum atomic E-state index is -0.780.